The van der Waals surface area contributed by atoms with Crippen molar-refractivity contribution in [3.05, 3.63) is 11.6 Å². The monoisotopic (exact) mass is 194 g/mol. The van der Waals surface area contributed by atoms with Crippen LogP contribution in [-0.4, -0.2) is 25.3 Å². The predicted octanol–water partition coefficient (Wildman–Crippen LogP) is 1.14. The molecule has 3 nitrogen and oxygen atoms in total. The Morgan fingerprint density at radius 1 is 1.64 bits per heavy atom. The quantitative estimate of drug-likeness (QED) is 0.587. The van der Waals surface area contributed by atoms with Crippen molar-refractivity contribution in [1.29, 1.82) is 0 Å². The number of rotatable bonds is 1. The maximum absolute atomic E-state index is 12.0. The first-order valence-electron chi connectivity index (χ1n) is 5.11. The topological polar surface area (TPSA) is 35.5 Å². The lowest BCUT2D eigenvalue weighted by Gasteiger charge is -2.44. The van der Waals surface area contributed by atoms with Gasteiger partial charge in [-0.1, -0.05) is 11.6 Å². The molecule has 3 heteroatoms. The van der Waals surface area contributed by atoms with Gasteiger partial charge in [0.25, 0.3) is 0 Å². The van der Waals surface area contributed by atoms with Crippen molar-refractivity contribution in [3.8, 4) is 0 Å². The second-order valence-electron chi connectivity index (χ2n) is 4.54. The van der Waals surface area contributed by atoms with E-state index in [0.29, 0.717) is 12.5 Å². The zero-order valence-corrected chi connectivity index (χ0v) is 8.45. The van der Waals surface area contributed by atoms with Gasteiger partial charge in [0.1, 0.15) is 0 Å². The van der Waals surface area contributed by atoms with E-state index in [2.05, 4.69) is 13.0 Å². The molecule has 0 radical (unpaired) electrons. The molecule has 0 aromatic rings. The molecular formula is C11H14O3. The van der Waals surface area contributed by atoms with Gasteiger partial charge < -0.3 is 9.47 Å². The number of Topliss-reactive ketones (excluding diaryl/α,β-unsaturated/α-hetero) is 1. The third kappa shape index (κ3) is 0.743. The van der Waals surface area contributed by atoms with E-state index < -0.39 is 5.79 Å². The van der Waals surface area contributed by atoms with Crippen molar-refractivity contribution in [3.63, 3.8) is 0 Å². The van der Waals surface area contributed by atoms with E-state index in [0.717, 1.165) is 6.42 Å². The van der Waals surface area contributed by atoms with Crippen LogP contribution in [0, 0.1) is 17.8 Å². The molecule has 0 amide bonds. The van der Waals surface area contributed by atoms with Crippen LogP contribution >= 0.6 is 0 Å². The standard InChI is InChI=1S/C11H14O3/c1-6-3-7-4-8-5-14-11(13-2,9(6)8)10(7)12/h3,7-9H,4-5H2,1-2H3. The number of methoxy groups -OCH3 is 1. The highest BCUT2D eigenvalue weighted by atomic mass is 16.7. The number of carbonyl (C=O) groups excluding carboxylic acids is 1. The summed E-state index contributed by atoms with van der Waals surface area (Å²) in [7, 11) is 1.58. The number of hydrogen-bond donors (Lipinski definition) is 0. The number of ketones is 1. The lowest BCUT2D eigenvalue weighted by molar-refractivity contribution is -0.216. The predicted molar refractivity (Wildman–Crippen MR) is 49.5 cm³/mol. The Kier molecular flexibility index (Phi) is 1.52. The molecule has 4 aliphatic rings. The van der Waals surface area contributed by atoms with Crippen molar-refractivity contribution in [2.45, 2.75) is 19.1 Å². The van der Waals surface area contributed by atoms with Crippen LogP contribution in [0.2, 0.25) is 0 Å². The molecule has 1 heterocycles. The van der Waals surface area contributed by atoms with Gasteiger partial charge in [-0.3, -0.25) is 4.79 Å². The molecule has 1 saturated heterocycles. The summed E-state index contributed by atoms with van der Waals surface area (Å²) < 4.78 is 11.0. The Morgan fingerprint density at radius 3 is 3.07 bits per heavy atom. The molecule has 3 aliphatic carbocycles. The fourth-order valence-electron chi connectivity index (χ4n) is 3.37. The molecule has 0 N–H and O–H groups in total. The molecule has 1 saturated carbocycles. The first-order valence-corrected chi connectivity index (χ1v) is 5.11. The molecule has 0 aromatic carbocycles. The van der Waals surface area contributed by atoms with Crippen molar-refractivity contribution < 1.29 is 14.3 Å². The van der Waals surface area contributed by atoms with E-state index in [1.807, 2.05) is 0 Å². The minimum atomic E-state index is -0.924. The highest BCUT2D eigenvalue weighted by Gasteiger charge is 2.63. The molecule has 0 aromatic heterocycles. The Labute approximate surface area is 83.1 Å². The molecule has 4 rings (SSSR count). The lowest BCUT2D eigenvalue weighted by atomic mass is 9.63. The molecule has 76 valence electrons. The van der Waals surface area contributed by atoms with Crippen LogP contribution in [0.4, 0.5) is 0 Å². The molecule has 1 aliphatic heterocycles. The van der Waals surface area contributed by atoms with Crippen LogP contribution in [0.15, 0.2) is 11.6 Å². The zero-order valence-electron chi connectivity index (χ0n) is 8.45. The normalized spacial score (nSPS) is 49.7. The second-order valence-corrected chi connectivity index (χ2v) is 4.54. The van der Waals surface area contributed by atoms with Gasteiger partial charge in [0.15, 0.2) is 5.78 Å². The van der Waals surface area contributed by atoms with Crippen LogP contribution in [0.25, 0.3) is 0 Å². The Morgan fingerprint density at radius 2 is 2.43 bits per heavy atom. The van der Waals surface area contributed by atoms with Crippen LogP contribution < -0.4 is 0 Å². The fraction of sp³-hybridized carbons (Fsp3) is 0.727. The molecule has 0 spiro atoms. The lowest BCUT2D eigenvalue weighted by Crippen LogP contribution is -2.55. The summed E-state index contributed by atoms with van der Waals surface area (Å²) in [5.74, 6) is -0.101. The van der Waals surface area contributed by atoms with Gasteiger partial charge in [0, 0.05) is 18.9 Å². The minimum Gasteiger partial charge on any atom is -0.346 e. The Hall–Kier alpha value is -0.670. The van der Waals surface area contributed by atoms with Crippen LogP contribution in [0.3, 0.4) is 0 Å². The van der Waals surface area contributed by atoms with Crippen molar-refractivity contribution in [2.24, 2.45) is 17.8 Å². The Balaban J connectivity index is 2.16. The molecule has 4 bridgehead atoms. The van der Waals surface area contributed by atoms with Crippen molar-refractivity contribution in [1.82, 2.24) is 0 Å². The number of ether oxygens (including phenoxy) is 2. The third-order valence-corrected chi connectivity index (χ3v) is 3.89. The molecule has 4 atom stereocenters. The molecule has 2 fully saturated rings. The molecule has 4 unspecified atom stereocenters. The minimum absolute atomic E-state index is 0.0347. The van der Waals surface area contributed by atoms with E-state index in [1.54, 1.807) is 7.11 Å². The van der Waals surface area contributed by atoms with Gasteiger partial charge in [0.2, 0.25) is 5.79 Å². The maximum atomic E-state index is 12.0. The SMILES string of the molecule is COC12OCC3CC(C=C(C)C31)C2=O. The van der Waals surface area contributed by atoms with Gasteiger partial charge in [-0.2, -0.15) is 0 Å². The van der Waals surface area contributed by atoms with Crippen molar-refractivity contribution in [2.75, 3.05) is 13.7 Å². The first kappa shape index (κ1) is 8.62. The van der Waals surface area contributed by atoms with E-state index >= 15 is 0 Å². The van der Waals surface area contributed by atoms with Gasteiger partial charge >= 0.3 is 0 Å². The van der Waals surface area contributed by atoms with Gasteiger partial charge in [-0.05, 0) is 19.3 Å². The average molecular weight is 194 g/mol. The molecular weight excluding hydrogens is 180 g/mol. The summed E-state index contributed by atoms with van der Waals surface area (Å²) in [5, 5.41) is 0. The van der Waals surface area contributed by atoms with E-state index in [-0.39, 0.29) is 17.6 Å². The van der Waals surface area contributed by atoms with Crippen LogP contribution in [-0.2, 0) is 14.3 Å². The zero-order chi connectivity index (χ0) is 9.92. The summed E-state index contributed by atoms with van der Waals surface area (Å²) in [4.78, 5) is 12.0. The van der Waals surface area contributed by atoms with E-state index in [1.165, 1.54) is 5.57 Å². The van der Waals surface area contributed by atoms with Crippen LogP contribution in [0.5, 0.6) is 0 Å². The summed E-state index contributed by atoms with van der Waals surface area (Å²) in [5.41, 5.74) is 1.27. The summed E-state index contributed by atoms with van der Waals surface area (Å²) in [6, 6.07) is 0. The first-order chi connectivity index (χ1) is 6.69. The second kappa shape index (κ2) is 2.47. The molecule has 14 heavy (non-hydrogen) atoms. The van der Waals surface area contributed by atoms with Crippen molar-refractivity contribution >= 4 is 5.78 Å². The number of allylic oxidation sites excluding steroid dienone is 1. The number of carbonyl (C=O) groups is 1. The average Bonchev–Trinajstić information content (AvgIpc) is 2.51. The smallest absolute Gasteiger partial charge is 0.236 e. The van der Waals surface area contributed by atoms with E-state index in [4.69, 9.17) is 9.47 Å². The van der Waals surface area contributed by atoms with E-state index in [9.17, 15) is 4.79 Å². The Bertz CT molecular complexity index is 333. The highest BCUT2D eigenvalue weighted by molar-refractivity contribution is 5.93. The van der Waals surface area contributed by atoms with Gasteiger partial charge in [0.05, 0.1) is 6.61 Å². The summed E-state index contributed by atoms with van der Waals surface area (Å²) in [6.45, 7) is 2.75. The van der Waals surface area contributed by atoms with Gasteiger partial charge in [-0.25, -0.2) is 0 Å². The fourth-order valence-corrected chi connectivity index (χ4v) is 3.37. The van der Waals surface area contributed by atoms with Gasteiger partial charge in [-0.15, -0.1) is 0 Å². The highest BCUT2D eigenvalue weighted by Crippen LogP contribution is 2.54. The third-order valence-electron chi connectivity index (χ3n) is 3.89. The summed E-state index contributed by atoms with van der Waals surface area (Å²) >= 11 is 0. The number of hydrogen-bond acceptors (Lipinski definition) is 3. The largest absolute Gasteiger partial charge is 0.346 e. The maximum Gasteiger partial charge on any atom is 0.236 e. The van der Waals surface area contributed by atoms with Crippen LogP contribution in [0.1, 0.15) is 13.3 Å². The summed E-state index contributed by atoms with van der Waals surface area (Å²) in [6.07, 6.45) is 3.04.